The lowest BCUT2D eigenvalue weighted by molar-refractivity contribution is 0.0772. The van der Waals surface area contributed by atoms with Gasteiger partial charge in [0.05, 0.1) is 25.6 Å². The summed E-state index contributed by atoms with van der Waals surface area (Å²) in [5.41, 5.74) is 2.86. The van der Waals surface area contributed by atoms with Crippen molar-refractivity contribution < 1.29 is 18.5 Å². The number of methoxy groups -OCH3 is 1. The minimum atomic E-state index is -0.262. The Morgan fingerprint density at radius 1 is 1.32 bits per heavy atom. The number of hydrogen-bond acceptors (Lipinski definition) is 6. The van der Waals surface area contributed by atoms with Gasteiger partial charge in [-0.1, -0.05) is 5.16 Å². The maximum atomic E-state index is 12.6. The number of furan rings is 1. The topological polar surface area (TPSA) is 81.6 Å². The van der Waals surface area contributed by atoms with E-state index in [1.54, 1.807) is 38.6 Å². The third-order valence-electron chi connectivity index (χ3n) is 3.98. The van der Waals surface area contributed by atoms with Crippen LogP contribution in [0.5, 0.6) is 5.75 Å². The number of rotatable bonds is 5. The van der Waals surface area contributed by atoms with Crippen molar-refractivity contribution in [2.75, 3.05) is 14.2 Å². The third kappa shape index (κ3) is 3.26. The Bertz CT molecular complexity index is 884. The van der Waals surface area contributed by atoms with Gasteiger partial charge in [0.1, 0.15) is 5.75 Å². The lowest BCUT2D eigenvalue weighted by atomic mass is 10.1. The van der Waals surface area contributed by atoms with E-state index in [1.165, 1.54) is 11.2 Å². The van der Waals surface area contributed by atoms with Gasteiger partial charge in [-0.3, -0.25) is 9.78 Å². The van der Waals surface area contributed by atoms with Gasteiger partial charge in [-0.15, -0.1) is 0 Å². The molecule has 0 bridgehead atoms. The molecule has 3 aromatic heterocycles. The molecule has 3 heterocycles. The highest BCUT2D eigenvalue weighted by atomic mass is 16.5. The van der Waals surface area contributed by atoms with Crippen LogP contribution in [-0.4, -0.2) is 35.1 Å². The minimum Gasteiger partial charge on any atom is -0.496 e. The van der Waals surface area contributed by atoms with E-state index in [0.717, 1.165) is 22.6 Å². The van der Waals surface area contributed by atoms with Crippen LogP contribution < -0.4 is 4.74 Å². The summed E-state index contributed by atoms with van der Waals surface area (Å²) in [7, 11) is 3.32. The Hall–Kier alpha value is -3.09. The lowest BCUT2D eigenvalue weighted by Crippen LogP contribution is -2.27. The zero-order valence-corrected chi connectivity index (χ0v) is 14.6. The first kappa shape index (κ1) is 16.8. The zero-order valence-electron chi connectivity index (χ0n) is 14.6. The molecule has 0 radical (unpaired) electrons. The molecular weight excluding hydrogens is 322 g/mol. The predicted molar refractivity (Wildman–Crippen MR) is 90.3 cm³/mol. The second-order valence-electron chi connectivity index (χ2n) is 5.76. The summed E-state index contributed by atoms with van der Waals surface area (Å²) >= 11 is 0. The number of carbonyl (C=O) groups is 1. The smallest absolute Gasteiger partial charge is 0.276 e. The summed E-state index contributed by atoms with van der Waals surface area (Å²) in [6.45, 7) is 4.20. The standard InChI is InChI=1S/C18H19N3O4/c1-11-9-19-14(12(2)17(11)23-4)10-21(3)18(22)13-8-16(25-20-13)15-6-5-7-24-15/h5-9H,10H2,1-4H3. The van der Waals surface area contributed by atoms with Crippen molar-refractivity contribution in [3.8, 4) is 17.3 Å². The van der Waals surface area contributed by atoms with Gasteiger partial charge in [0.2, 0.25) is 5.76 Å². The number of aryl methyl sites for hydroxylation is 1. The molecule has 0 aliphatic rings. The molecule has 0 fully saturated rings. The van der Waals surface area contributed by atoms with E-state index < -0.39 is 0 Å². The molecule has 1 amide bonds. The Kier molecular flexibility index (Phi) is 4.56. The number of aromatic nitrogens is 2. The van der Waals surface area contributed by atoms with Gasteiger partial charge < -0.3 is 18.6 Å². The predicted octanol–water partition coefficient (Wildman–Crippen LogP) is 3.23. The largest absolute Gasteiger partial charge is 0.496 e. The Morgan fingerprint density at radius 2 is 2.12 bits per heavy atom. The molecule has 0 N–H and O–H groups in total. The van der Waals surface area contributed by atoms with Gasteiger partial charge in [0.15, 0.2) is 11.5 Å². The van der Waals surface area contributed by atoms with Gasteiger partial charge in [-0.25, -0.2) is 0 Å². The molecule has 130 valence electrons. The highest BCUT2D eigenvalue weighted by Gasteiger charge is 2.20. The Balaban J connectivity index is 1.78. The number of pyridine rings is 1. The summed E-state index contributed by atoms with van der Waals surface area (Å²) in [5, 5.41) is 3.83. The van der Waals surface area contributed by atoms with E-state index in [9.17, 15) is 4.79 Å². The van der Waals surface area contributed by atoms with Crippen LogP contribution in [0.3, 0.4) is 0 Å². The number of ether oxygens (including phenoxy) is 1. The molecule has 7 heteroatoms. The van der Waals surface area contributed by atoms with Crippen molar-refractivity contribution in [1.29, 1.82) is 0 Å². The van der Waals surface area contributed by atoms with E-state index in [-0.39, 0.29) is 11.6 Å². The van der Waals surface area contributed by atoms with Crippen molar-refractivity contribution in [2.24, 2.45) is 0 Å². The van der Waals surface area contributed by atoms with Crippen molar-refractivity contribution in [3.63, 3.8) is 0 Å². The first-order chi connectivity index (χ1) is 12.0. The average molecular weight is 341 g/mol. The molecule has 3 rings (SSSR count). The quantitative estimate of drug-likeness (QED) is 0.709. The second kappa shape index (κ2) is 6.80. The number of carbonyl (C=O) groups excluding carboxylic acids is 1. The summed E-state index contributed by atoms with van der Waals surface area (Å²) in [6.07, 6.45) is 3.27. The number of nitrogens with zero attached hydrogens (tertiary/aromatic N) is 3. The molecule has 7 nitrogen and oxygen atoms in total. The molecular formula is C18H19N3O4. The molecule has 0 aromatic carbocycles. The third-order valence-corrected chi connectivity index (χ3v) is 3.98. The fraction of sp³-hybridized carbons (Fsp3) is 0.278. The summed E-state index contributed by atoms with van der Waals surface area (Å²) in [4.78, 5) is 18.5. The Morgan fingerprint density at radius 3 is 2.80 bits per heavy atom. The van der Waals surface area contributed by atoms with Crippen molar-refractivity contribution >= 4 is 5.91 Å². The fourth-order valence-corrected chi connectivity index (χ4v) is 2.63. The van der Waals surface area contributed by atoms with Crippen LogP contribution in [0.2, 0.25) is 0 Å². The van der Waals surface area contributed by atoms with Gasteiger partial charge in [0, 0.05) is 30.4 Å². The van der Waals surface area contributed by atoms with Crippen LogP contribution in [0, 0.1) is 13.8 Å². The summed E-state index contributed by atoms with van der Waals surface area (Å²) < 4.78 is 15.8. The second-order valence-corrected chi connectivity index (χ2v) is 5.76. The summed E-state index contributed by atoms with van der Waals surface area (Å²) in [6, 6.07) is 5.04. The van der Waals surface area contributed by atoms with Gasteiger partial charge in [0.25, 0.3) is 5.91 Å². The first-order valence-corrected chi connectivity index (χ1v) is 7.76. The number of hydrogen-bond donors (Lipinski definition) is 0. The Labute approximate surface area is 145 Å². The zero-order chi connectivity index (χ0) is 18.0. The average Bonchev–Trinajstić information content (AvgIpc) is 3.28. The molecule has 0 saturated carbocycles. The molecule has 0 aliphatic carbocycles. The highest BCUT2D eigenvalue weighted by Crippen LogP contribution is 2.25. The van der Waals surface area contributed by atoms with Crippen LogP contribution in [0.25, 0.3) is 11.5 Å². The molecule has 0 unspecified atom stereocenters. The van der Waals surface area contributed by atoms with E-state index in [4.69, 9.17) is 13.7 Å². The van der Waals surface area contributed by atoms with Crippen LogP contribution in [0.15, 0.2) is 39.6 Å². The fourth-order valence-electron chi connectivity index (χ4n) is 2.63. The first-order valence-electron chi connectivity index (χ1n) is 7.76. The van der Waals surface area contributed by atoms with Crippen LogP contribution in [0.1, 0.15) is 27.3 Å². The molecule has 0 atom stereocenters. The number of amides is 1. The SMILES string of the molecule is COc1c(C)cnc(CN(C)C(=O)c2cc(-c3ccco3)on2)c1C. The monoisotopic (exact) mass is 341 g/mol. The molecule has 0 aliphatic heterocycles. The van der Waals surface area contributed by atoms with Crippen LogP contribution >= 0.6 is 0 Å². The van der Waals surface area contributed by atoms with Gasteiger partial charge in [-0.05, 0) is 26.0 Å². The van der Waals surface area contributed by atoms with E-state index in [0.29, 0.717) is 18.1 Å². The van der Waals surface area contributed by atoms with Gasteiger partial charge >= 0.3 is 0 Å². The van der Waals surface area contributed by atoms with E-state index in [1.807, 2.05) is 13.8 Å². The van der Waals surface area contributed by atoms with Crippen LogP contribution in [0.4, 0.5) is 0 Å². The maximum Gasteiger partial charge on any atom is 0.276 e. The molecule has 0 saturated heterocycles. The highest BCUT2D eigenvalue weighted by molar-refractivity contribution is 5.92. The van der Waals surface area contributed by atoms with Crippen LogP contribution in [-0.2, 0) is 6.54 Å². The van der Waals surface area contributed by atoms with Crippen molar-refractivity contribution in [2.45, 2.75) is 20.4 Å². The summed E-state index contributed by atoms with van der Waals surface area (Å²) in [5.74, 6) is 1.46. The lowest BCUT2D eigenvalue weighted by Gasteiger charge is -2.18. The van der Waals surface area contributed by atoms with Crippen molar-refractivity contribution in [1.82, 2.24) is 15.0 Å². The molecule has 25 heavy (non-hydrogen) atoms. The van der Waals surface area contributed by atoms with Gasteiger partial charge in [-0.2, -0.15) is 0 Å². The van der Waals surface area contributed by atoms with E-state index >= 15 is 0 Å². The molecule has 3 aromatic rings. The minimum absolute atomic E-state index is 0.214. The van der Waals surface area contributed by atoms with Crippen molar-refractivity contribution in [3.05, 3.63) is 53.2 Å². The van der Waals surface area contributed by atoms with E-state index in [2.05, 4.69) is 10.1 Å². The normalized spacial score (nSPS) is 10.7. The molecule has 0 spiro atoms. The maximum absolute atomic E-state index is 12.6.